The molecule has 3 aromatic rings. The van der Waals surface area contributed by atoms with Crippen LogP contribution >= 0.6 is 0 Å². The number of halogens is 1. The Bertz CT molecular complexity index is 1150. The number of anilines is 3. The van der Waals surface area contributed by atoms with Crippen molar-refractivity contribution < 1.29 is 19.1 Å². The molecule has 4 rings (SSSR count). The number of amides is 2. The number of hydrogen-bond acceptors (Lipinski definition) is 5. The fourth-order valence-electron chi connectivity index (χ4n) is 4.20. The Morgan fingerprint density at radius 2 is 1.82 bits per heavy atom. The molecule has 176 valence electrons. The molecule has 1 aromatic heterocycles. The first-order valence-corrected chi connectivity index (χ1v) is 11.4. The third-order valence-corrected chi connectivity index (χ3v) is 5.98. The highest BCUT2D eigenvalue weighted by Crippen LogP contribution is 2.29. The Morgan fingerprint density at radius 3 is 2.56 bits per heavy atom. The van der Waals surface area contributed by atoms with Gasteiger partial charge in [0.1, 0.15) is 11.8 Å². The van der Waals surface area contributed by atoms with E-state index in [4.69, 9.17) is 0 Å². The maximum absolute atomic E-state index is 13.9. The first-order chi connectivity index (χ1) is 16.5. The molecule has 0 bridgehead atoms. The average molecular weight is 463 g/mol. The molecular weight excluding hydrogens is 435 g/mol. The van der Waals surface area contributed by atoms with Crippen molar-refractivity contribution in [2.24, 2.45) is 5.92 Å². The fourth-order valence-corrected chi connectivity index (χ4v) is 4.20. The van der Waals surface area contributed by atoms with Crippen LogP contribution in [0.3, 0.4) is 0 Å². The standard InChI is InChI=1S/C26H27FN4O3/c27-22-16-28-13-12-23(22)29-20-7-3-6-18(15-20)25(33)31-24(14-17-4-1-2-5-17)26(34)30-19-8-10-21(32)11-9-19/h3,6-13,15-17,24,32H,1-2,4-5,14H2,(H,28,29)(H,30,34)(H,31,33). The van der Waals surface area contributed by atoms with Crippen LogP contribution in [0.15, 0.2) is 67.0 Å². The van der Waals surface area contributed by atoms with Gasteiger partial charge in [-0.15, -0.1) is 0 Å². The highest BCUT2D eigenvalue weighted by molar-refractivity contribution is 6.01. The minimum atomic E-state index is -0.710. The zero-order chi connectivity index (χ0) is 23.9. The van der Waals surface area contributed by atoms with Crippen LogP contribution in [0, 0.1) is 11.7 Å². The van der Waals surface area contributed by atoms with Crippen LogP contribution < -0.4 is 16.0 Å². The lowest BCUT2D eigenvalue weighted by Crippen LogP contribution is -2.44. The number of carbonyl (C=O) groups excluding carboxylic acids is 2. The van der Waals surface area contributed by atoms with Crippen LogP contribution in [-0.4, -0.2) is 27.9 Å². The maximum Gasteiger partial charge on any atom is 0.252 e. The summed E-state index contributed by atoms with van der Waals surface area (Å²) in [6.07, 6.45) is 7.47. The van der Waals surface area contributed by atoms with E-state index in [1.54, 1.807) is 36.4 Å². The average Bonchev–Trinajstić information content (AvgIpc) is 3.35. The van der Waals surface area contributed by atoms with Crippen molar-refractivity contribution in [1.29, 1.82) is 0 Å². The topological polar surface area (TPSA) is 103 Å². The van der Waals surface area contributed by atoms with Gasteiger partial charge in [-0.2, -0.15) is 0 Å². The van der Waals surface area contributed by atoms with Gasteiger partial charge in [-0.05, 0) is 60.9 Å². The first-order valence-electron chi connectivity index (χ1n) is 11.4. The second kappa shape index (κ2) is 10.8. The summed E-state index contributed by atoms with van der Waals surface area (Å²) < 4.78 is 13.9. The van der Waals surface area contributed by atoms with Gasteiger partial charge >= 0.3 is 0 Å². The minimum absolute atomic E-state index is 0.106. The van der Waals surface area contributed by atoms with Crippen molar-refractivity contribution in [3.63, 3.8) is 0 Å². The van der Waals surface area contributed by atoms with E-state index in [0.29, 0.717) is 29.3 Å². The highest BCUT2D eigenvalue weighted by Gasteiger charge is 2.27. The number of aromatic hydroxyl groups is 1. The minimum Gasteiger partial charge on any atom is -0.508 e. The van der Waals surface area contributed by atoms with Gasteiger partial charge in [-0.1, -0.05) is 31.7 Å². The van der Waals surface area contributed by atoms with Gasteiger partial charge in [-0.25, -0.2) is 4.39 Å². The number of phenolic OH excluding ortho intramolecular Hbond substituents is 1. The Morgan fingerprint density at radius 1 is 1.06 bits per heavy atom. The summed E-state index contributed by atoms with van der Waals surface area (Å²) in [4.78, 5) is 29.8. The summed E-state index contributed by atoms with van der Waals surface area (Å²) in [7, 11) is 0. The lowest BCUT2D eigenvalue weighted by atomic mass is 9.97. The van der Waals surface area contributed by atoms with Gasteiger partial charge < -0.3 is 21.1 Å². The zero-order valence-corrected chi connectivity index (χ0v) is 18.6. The fraction of sp³-hybridized carbons (Fsp3) is 0.269. The van der Waals surface area contributed by atoms with Gasteiger partial charge in [0.25, 0.3) is 5.91 Å². The molecule has 1 atom stereocenters. The van der Waals surface area contributed by atoms with E-state index in [1.165, 1.54) is 24.4 Å². The Balaban J connectivity index is 1.47. The van der Waals surface area contributed by atoms with Crippen LogP contribution in [-0.2, 0) is 4.79 Å². The van der Waals surface area contributed by atoms with E-state index in [0.717, 1.165) is 31.9 Å². The smallest absolute Gasteiger partial charge is 0.252 e. The largest absolute Gasteiger partial charge is 0.508 e. The molecule has 1 saturated carbocycles. The van der Waals surface area contributed by atoms with Crippen molar-refractivity contribution in [3.05, 3.63) is 78.4 Å². The number of pyridine rings is 1. The van der Waals surface area contributed by atoms with Crippen molar-refractivity contribution in [1.82, 2.24) is 10.3 Å². The number of nitrogens with one attached hydrogen (secondary N) is 3. The number of benzene rings is 2. The predicted molar refractivity (Wildman–Crippen MR) is 128 cm³/mol. The van der Waals surface area contributed by atoms with Crippen LogP contribution in [0.2, 0.25) is 0 Å². The van der Waals surface area contributed by atoms with Crippen LogP contribution in [0.5, 0.6) is 5.75 Å². The van der Waals surface area contributed by atoms with Gasteiger partial charge in [0.2, 0.25) is 5.91 Å². The SMILES string of the molecule is O=C(NC(CC1CCCC1)C(=O)Nc1ccc(O)cc1)c1cccc(Nc2ccncc2F)c1. The molecule has 7 nitrogen and oxygen atoms in total. The molecule has 1 aliphatic rings. The molecule has 0 saturated heterocycles. The molecule has 0 radical (unpaired) electrons. The number of nitrogens with zero attached hydrogens (tertiary/aromatic N) is 1. The predicted octanol–water partition coefficient (Wildman–Crippen LogP) is 4.99. The molecular formula is C26H27FN4O3. The van der Waals surface area contributed by atoms with Gasteiger partial charge in [0.15, 0.2) is 5.82 Å². The number of carbonyl (C=O) groups is 2. The molecule has 8 heteroatoms. The monoisotopic (exact) mass is 462 g/mol. The summed E-state index contributed by atoms with van der Waals surface area (Å²) in [5.74, 6) is -0.714. The number of aromatic nitrogens is 1. The van der Waals surface area contributed by atoms with E-state index in [2.05, 4.69) is 20.9 Å². The highest BCUT2D eigenvalue weighted by atomic mass is 19.1. The van der Waals surface area contributed by atoms with Crippen molar-refractivity contribution in [3.8, 4) is 5.75 Å². The van der Waals surface area contributed by atoms with E-state index in [-0.39, 0.29) is 23.3 Å². The molecule has 0 aliphatic heterocycles. The summed E-state index contributed by atoms with van der Waals surface area (Å²) in [5.41, 5.74) is 1.69. The molecule has 0 spiro atoms. The van der Waals surface area contributed by atoms with E-state index >= 15 is 0 Å². The van der Waals surface area contributed by atoms with Crippen molar-refractivity contribution in [2.45, 2.75) is 38.1 Å². The quantitative estimate of drug-likeness (QED) is 0.353. The summed E-state index contributed by atoms with van der Waals surface area (Å²) in [5, 5.41) is 18.1. The van der Waals surface area contributed by atoms with Gasteiger partial charge in [0, 0.05) is 23.1 Å². The number of hydrogen-bond donors (Lipinski definition) is 4. The summed E-state index contributed by atoms with van der Waals surface area (Å²) in [6.45, 7) is 0. The second-order valence-corrected chi connectivity index (χ2v) is 8.51. The molecule has 4 N–H and O–H groups in total. The van der Waals surface area contributed by atoms with Crippen LogP contribution in [0.1, 0.15) is 42.5 Å². The lowest BCUT2D eigenvalue weighted by molar-refractivity contribution is -0.118. The Hall–Kier alpha value is -3.94. The Labute approximate surface area is 197 Å². The van der Waals surface area contributed by atoms with Gasteiger partial charge in [-0.3, -0.25) is 14.6 Å². The summed E-state index contributed by atoms with van der Waals surface area (Å²) in [6, 6.07) is 13.7. The molecule has 2 aromatic carbocycles. The molecule has 1 aliphatic carbocycles. The van der Waals surface area contributed by atoms with Crippen molar-refractivity contribution >= 4 is 28.9 Å². The molecule has 1 heterocycles. The third kappa shape index (κ3) is 6.10. The van der Waals surface area contributed by atoms with E-state index in [1.807, 2.05) is 0 Å². The zero-order valence-electron chi connectivity index (χ0n) is 18.6. The lowest BCUT2D eigenvalue weighted by Gasteiger charge is -2.22. The van der Waals surface area contributed by atoms with Crippen LogP contribution in [0.4, 0.5) is 21.5 Å². The first kappa shape index (κ1) is 23.2. The molecule has 1 unspecified atom stereocenters. The van der Waals surface area contributed by atoms with E-state index < -0.39 is 11.9 Å². The van der Waals surface area contributed by atoms with Gasteiger partial charge in [0.05, 0.1) is 11.9 Å². The second-order valence-electron chi connectivity index (χ2n) is 8.51. The summed E-state index contributed by atoms with van der Waals surface area (Å²) >= 11 is 0. The van der Waals surface area contributed by atoms with Crippen LogP contribution in [0.25, 0.3) is 0 Å². The number of rotatable bonds is 8. The normalized spacial score (nSPS) is 14.4. The van der Waals surface area contributed by atoms with Crippen molar-refractivity contribution in [2.75, 3.05) is 10.6 Å². The Kier molecular flexibility index (Phi) is 7.37. The molecule has 1 fully saturated rings. The third-order valence-electron chi connectivity index (χ3n) is 5.98. The van der Waals surface area contributed by atoms with E-state index in [9.17, 15) is 19.1 Å². The molecule has 34 heavy (non-hydrogen) atoms. The number of phenols is 1. The maximum atomic E-state index is 13.9. The molecule has 2 amide bonds.